The molecule has 0 spiro atoms. The normalized spacial score (nSPS) is 11.6. The van der Waals surface area contributed by atoms with Gasteiger partial charge in [-0.25, -0.2) is 4.98 Å². The van der Waals surface area contributed by atoms with Crippen LogP contribution in [0.2, 0.25) is 0 Å². The van der Waals surface area contributed by atoms with Crippen LogP contribution in [0.3, 0.4) is 0 Å². The van der Waals surface area contributed by atoms with E-state index >= 15 is 0 Å². The van der Waals surface area contributed by atoms with E-state index in [-0.39, 0.29) is 0 Å². The lowest BCUT2D eigenvalue weighted by Gasteiger charge is -2.05. The number of unbranched alkanes of at least 4 members (excludes halogenated alkanes) is 32. The van der Waals surface area contributed by atoms with Gasteiger partial charge < -0.3 is 4.98 Å². The van der Waals surface area contributed by atoms with Crippen molar-refractivity contribution in [2.45, 2.75) is 245 Å². The highest BCUT2D eigenvalue weighted by molar-refractivity contribution is 5.11. The minimum Gasteiger partial charge on any atom is -0.348 e. The molecule has 1 aromatic rings. The van der Waals surface area contributed by atoms with E-state index in [4.69, 9.17) is 0 Å². The Morgan fingerprint density at radius 3 is 0.907 bits per heavy atom. The number of hydrogen-bond acceptors (Lipinski definition) is 1. The maximum Gasteiger partial charge on any atom is 0.0925 e. The first-order valence-corrected chi connectivity index (χ1v) is 20.4. The summed E-state index contributed by atoms with van der Waals surface area (Å²) in [6.45, 7) is 4.61. The third kappa shape index (κ3) is 28.4. The SMILES string of the molecule is CCCCCCCCCCCCCCCCCCCc1nc[nH]c1CCCCCCCCCCCCCCCCCCC. The summed E-state index contributed by atoms with van der Waals surface area (Å²) >= 11 is 0. The third-order valence-electron chi connectivity index (χ3n) is 9.85. The topological polar surface area (TPSA) is 28.7 Å². The molecule has 0 bridgehead atoms. The van der Waals surface area contributed by atoms with Gasteiger partial charge in [-0.1, -0.05) is 219 Å². The Morgan fingerprint density at radius 2 is 0.605 bits per heavy atom. The number of H-pyrrole nitrogens is 1. The highest BCUT2D eigenvalue weighted by atomic mass is 14.9. The molecule has 2 nitrogen and oxygen atoms in total. The number of rotatable bonds is 36. The molecule has 0 unspecified atom stereocenters. The molecule has 0 aliphatic rings. The van der Waals surface area contributed by atoms with Gasteiger partial charge in [0.05, 0.1) is 12.0 Å². The molecular weight excluding hydrogens is 520 g/mol. The van der Waals surface area contributed by atoms with Crippen LogP contribution in [0.25, 0.3) is 0 Å². The molecule has 254 valence electrons. The van der Waals surface area contributed by atoms with E-state index in [9.17, 15) is 0 Å². The molecular formula is C41H80N2. The Balaban J connectivity index is 1.81. The first kappa shape index (κ1) is 40.2. The van der Waals surface area contributed by atoms with Gasteiger partial charge in [-0.15, -0.1) is 0 Å². The lowest BCUT2D eigenvalue weighted by molar-refractivity contribution is 0.526. The quantitative estimate of drug-likeness (QED) is 0.0762. The second-order valence-electron chi connectivity index (χ2n) is 14.1. The summed E-state index contributed by atoms with van der Waals surface area (Å²) in [5.41, 5.74) is 2.79. The smallest absolute Gasteiger partial charge is 0.0925 e. The van der Waals surface area contributed by atoms with E-state index in [2.05, 4.69) is 23.8 Å². The van der Waals surface area contributed by atoms with Crippen LogP contribution in [0.1, 0.15) is 244 Å². The zero-order chi connectivity index (χ0) is 30.7. The largest absolute Gasteiger partial charge is 0.348 e. The van der Waals surface area contributed by atoms with Crippen molar-refractivity contribution in [3.05, 3.63) is 17.7 Å². The average Bonchev–Trinajstić information content (AvgIpc) is 3.47. The van der Waals surface area contributed by atoms with E-state index in [1.54, 1.807) is 0 Å². The molecule has 0 saturated carbocycles. The first-order chi connectivity index (χ1) is 21.4. The van der Waals surface area contributed by atoms with Gasteiger partial charge in [-0.2, -0.15) is 0 Å². The fourth-order valence-electron chi connectivity index (χ4n) is 6.83. The molecule has 0 fully saturated rings. The van der Waals surface area contributed by atoms with E-state index < -0.39 is 0 Å². The fourth-order valence-corrected chi connectivity index (χ4v) is 6.83. The first-order valence-electron chi connectivity index (χ1n) is 20.4. The van der Waals surface area contributed by atoms with Gasteiger partial charge in [0, 0.05) is 5.69 Å². The van der Waals surface area contributed by atoms with Crippen LogP contribution in [-0.4, -0.2) is 9.97 Å². The zero-order valence-corrected chi connectivity index (χ0v) is 30.0. The summed E-state index contributed by atoms with van der Waals surface area (Å²) in [6, 6.07) is 0. The van der Waals surface area contributed by atoms with Crippen molar-refractivity contribution in [2.75, 3.05) is 0 Å². The van der Waals surface area contributed by atoms with Crippen LogP contribution in [0.15, 0.2) is 6.33 Å². The second-order valence-corrected chi connectivity index (χ2v) is 14.1. The molecule has 2 heteroatoms. The van der Waals surface area contributed by atoms with Crippen LogP contribution < -0.4 is 0 Å². The molecule has 0 saturated heterocycles. The van der Waals surface area contributed by atoms with E-state index in [1.807, 2.05) is 6.33 Å². The number of nitrogens with zero attached hydrogens (tertiary/aromatic N) is 1. The molecule has 1 aromatic heterocycles. The predicted octanol–water partition coefficient (Wildman–Crippen LogP) is 14.8. The monoisotopic (exact) mass is 601 g/mol. The molecule has 0 atom stereocenters. The molecule has 0 radical (unpaired) electrons. The number of aromatic nitrogens is 2. The van der Waals surface area contributed by atoms with Gasteiger partial charge in [0.15, 0.2) is 0 Å². The summed E-state index contributed by atoms with van der Waals surface area (Å²) in [6.07, 6.45) is 53.3. The van der Waals surface area contributed by atoms with Gasteiger partial charge >= 0.3 is 0 Å². The summed E-state index contributed by atoms with van der Waals surface area (Å²) < 4.78 is 0. The van der Waals surface area contributed by atoms with Crippen molar-refractivity contribution in [3.63, 3.8) is 0 Å². The van der Waals surface area contributed by atoms with Crippen molar-refractivity contribution >= 4 is 0 Å². The maximum absolute atomic E-state index is 4.67. The van der Waals surface area contributed by atoms with Crippen molar-refractivity contribution < 1.29 is 0 Å². The molecule has 0 aromatic carbocycles. The Labute approximate surface area is 272 Å². The van der Waals surface area contributed by atoms with Crippen molar-refractivity contribution in [1.82, 2.24) is 9.97 Å². The van der Waals surface area contributed by atoms with Gasteiger partial charge in [0.2, 0.25) is 0 Å². The van der Waals surface area contributed by atoms with Crippen LogP contribution in [0.5, 0.6) is 0 Å². The Kier molecular flexibility index (Phi) is 31.9. The predicted molar refractivity (Wildman–Crippen MR) is 194 cm³/mol. The number of imidazole rings is 1. The third-order valence-corrected chi connectivity index (χ3v) is 9.85. The molecule has 0 aliphatic heterocycles. The maximum atomic E-state index is 4.67. The van der Waals surface area contributed by atoms with Crippen molar-refractivity contribution in [2.24, 2.45) is 0 Å². The lowest BCUT2D eigenvalue weighted by atomic mass is 10.0. The molecule has 1 rings (SSSR count). The Hall–Kier alpha value is -0.790. The Morgan fingerprint density at radius 1 is 0.349 bits per heavy atom. The van der Waals surface area contributed by atoms with Crippen LogP contribution in [-0.2, 0) is 12.8 Å². The van der Waals surface area contributed by atoms with Crippen LogP contribution in [0, 0.1) is 0 Å². The number of aromatic amines is 1. The second kappa shape index (κ2) is 34.1. The minimum atomic E-state index is 1.18. The standard InChI is InChI=1S/C41H80N2/c1-3-5-7-9-11-13-15-17-19-21-23-25-27-29-31-33-35-37-40-41(43-39-42-40)38-36-34-32-30-28-26-24-22-20-18-16-14-12-10-8-6-4-2/h39H,3-38H2,1-2H3,(H,42,43). The van der Waals surface area contributed by atoms with Gasteiger partial charge in [0.1, 0.15) is 0 Å². The molecule has 1 N–H and O–H groups in total. The molecule has 0 aliphatic carbocycles. The van der Waals surface area contributed by atoms with Crippen molar-refractivity contribution in [3.8, 4) is 0 Å². The molecule has 1 heterocycles. The summed E-state index contributed by atoms with van der Waals surface area (Å²) in [7, 11) is 0. The van der Waals surface area contributed by atoms with Gasteiger partial charge in [0.25, 0.3) is 0 Å². The van der Waals surface area contributed by atoms with Gasteiger partial charge in [-0.3, -0.25) is 0 Å². The molecule has 0 amide bonds. The fraction of sp³-hybridized carbons (Fsp3) is 0.927. The number of nitrogens with one attached hydrogen (secondary N) is 1. The minimum absolute atomic E-state index is 1.18. The highest BCUT2D eigenvalue weighted by Crippen LogP contribution is 2.17. The van der Waals surface area contributed by atoms with E-state index in [1.165, 1.54) is 243 Å². The van der Waals surface area contributed by atoms with E-state index in [0.29, 0.717) is 0 Å². The van der Waals surface area contributed by atoms with E-state index in [0.717, 1.165) is 0 Å². The highest BCUT2D eigenvalue weighted by Gasteiger charge is 2.05. The van der Waals surface area contributed by atoms with Crippen LogP contribution in [0.4, 0.5) is 0 Å². The molecule has 43 heavy (non-hydrogen) atoms. The van der Waals surface area contributed by atoms with Crippen molar-refractivity contribution in [1.29, 1.82) is 0 Å². The summed E-state index contributed by atoms with van der Waals surface area (Å²) in [5, 5.41) is 0. The number of hydrogen-bond donors (Lipinski definition) is 1. The van der Waals surface area contributed by atoms with Gasteiger partial charge in [-0.05, 0) is 25.7 Å². The number of aryl methyl sites for hydroxylation is 2. The summed E-state index contributed by atoms with van der Waals surface area (Å²) in [5.74, 6) is 0. The zero-order valence-electron chi connectivity index (χ0n) is 30.0. The van der Waals surface area contributed by atoms with Crippen LogP contribution >= 0.6 is 0 Å². The average molecular weight is 601 g/mol. The lowest BCUT2D eigenvalue weighted by Crippen LogP contribution is -1.95. The Bertz CT molecular complexity index is 583. The summed E-state index contributed by atoms with van der Waals surface area (Å²) in [4.78, 5) is 8.12.